The van der Waals surface area contributed by atoms with Crippen LogP contribution in [0, 0.1) is 0 Å². The van der Waals surface area contributed by atoms with Crippen molar-refractivity contribution in [2.75, 3.05) is 6.61 Å². The topological polar surface area (TPSA) is 33.1 Å². The highest BCUT2D eigenvalue weighted by Crippen LogP contribution is 2.12. The van der Waals surface area contributed by atoms with Gasteiger partial charge in [0, 0.05) is 19.0 Å². The molecular formula is C13H17NO. The quantitative estimate of drug-likeness (QED) is 0.746. The van der Waals surface area contributed by atoms with E-state index >= 15 is 0 Å². The van der Waals surface area contributed by atoms with Gasteiger partial charge in [0.15, 0.2) is 0 Å². The first-order chi connectivity index (χ1) is 7.36. The molecule has 80 valence electrons. The molecular weight excluding hydrogens is 186 g/mol. The van der Waals surface area contributed by atoms with E-state index in [4.69, 9.17) is 5.11 Å². The van der Waals surface area contributed by atoms with Crippen LogP contribution in [0.5, 0.6) is 0 Å². The normalized spacial score (nSPS) is 12.3. The van der Waals surface area contributed by atoms with Crippen LogP contribution in [0.2, 0.25) is 0 Å². The van der Waals surface area contributed by atoms with Crippen LogP contribution in [0.4, 0.5) is 0 Å². The SMILES string of the molecule is C/C=C/C(=C/c1ccncc1)CCCO. The van der Waals surface area contributed by atoms with Crippen LogP contribution in [0.25, 0.3) is 6.08 Å². The summed E-state index contributed by atoms with van der Waals surface area (Å²) >= 11 is 0. The first-order valence-corrected chi connectivity index (χ1v) is 5.21. The molecule has 0 saturated heterocycles. The Bertz CT molecular complexity index is 328. The van der Waals surface area contributed by atoms with Crippen LogP contribution in [-0.2, 0) is 0 Å². The minimum Gasteiger partial charge on any atom is -0.396 e. The molecule has 0 fully saturated rings. The smallest absolute Gasteiger partial charge is 0.0434 e. The van der Waals surface area contributed by atoms with Crippen LogP contribution in [0.1, 0.15) is 25.3 Å². The Morgan fingerprint density at radius 1 is 1.40 bits per heavy atom. The molecule has 2 nitrogen and oxygen atoms in total. The Morgan fingerprint density at radius 2 is 2.13 bits per heavy atom. The van der Waals surface area contributed by atoms with Gasteiger partial charge < -0.3 is 5.11 Å². The van der Waals surface area contributed by atoms with Crippen LogP contribution in [0.3, 0.4) is 0 Å². The van der Waals surface area contributed by atoms with Gasteiger partial charge in [-0.25, -0.2) is 0 Å². The molecule has 0 aliphatic rings. The van der Waals surface area contributed by atoms with Crippen LogP contribution in [0.15, 0.2) is 42.3 Å². The molecule has 0 spiro atoms. The van der Waals surface area contributed by atoms with Crippen molar-refractivity contribution in [1.82, 2.24) is 4.98 Å². The average molecular weight is 203 g/mol. The summed E-state index contributed by atoms with van der Waals surface area (Å²) in [4.78, 5) is 3.97. The van der Waals surface area contributed by atoms with Crippen LogP contribution in [-0.4, -0.2) is 16.7 Å². The van der Waals surface area contributed by atoms with Gasteiger partial charge in [-0.05, 0) is 43.0 Å². The highest BCUT2D eigenvalue weighted by atomic mass is 16.2. The average Bonchev–Trinajstić information content (AvgIpc) is 2.28. The lowest BCUT2D eigenvalue weighted by Crippen LogP contribution is -1.85. The third-order valence-electron chi connectivity index (χ3n) is 2.06. The van der Waals surface area contributed by atoms with E-state index in [-0.39, 0.29) is 6.61 Å². The molecule has 0 aliphatic carbocycles. The molecule has 0 aromatic carbocycles. The number of rotatable bonds is 5. The summed E-state index contributed by atoms with van der Waals surface area (Å²) in [6, 6.07) is 3.95. The first kappa shape index (κ1) is 11.7. The molecule has 1 heterocycles. The fraction of sp³-hybridized carbons (Fsp3) is 0.308. The highest BCUT2D eigenvalue weighted by Gasteiger charge is 1.93. The Labute approximate surface area is 91.0 Å². The van der Waals surface area contributed by atoms with Crippen molar-refractivity contribution >= 4 is 6.08 Å². The molecule has 0 unspecified atom stereocenters. The van der Waals surface area contributed by atoms with E-state index in [0.717, 1.165) is 18.4 Å². The maximum Gasteiger partial charge on any atom is 0.0434 e. The number of aliphatic hydroxyl groups excluding tert-OH is 1. The van der Waals surface area contributed by atoms with Crippen LogP contribution >= 0.6 is 0 Å². The van der Waals surface area contributed by atoms with Crippen molar-refractivity contribution < 1.29 is 5.11 Å². The fourth-order valence-corrected chi connectivity index (χ4v) is 1.37. The number of hydrogen-bond donors (Lipinski definition) is 1. The molecule has 0 saturated carbocycles. The van der Waals surface area contributed by atoms with E-state index in [1.807, 2.05) is 25.1 Å². The number of hydrogen-bond acceptors (Lipinski definition) is 2. The second kappa shape index (κ2) is 6.96. The molecule has 2 heteroatoms. The third-order valence-corrected chi connectivity index (χ3v) is 2.06. The van der Waals surface area contributed by atoms with Crippen molar-refractivity contribution in [3.8, 4) is 0 Å². The lowest BCUT2D eigenvalue weighted by molar-refractivity contribution is 0.289. The van der Waals surface area contributed by atoms with Crippen molar-refractivity contribution in [3.05, 3.63) is 47.8 Å². The number of aliphatic hydroxyl groups is 1. The van der Waals surface area contributed by atoms with Gasteiger partial charge in [0.2, 0.25) is 0 Å². The van der Waals surface area contributed by atoms with E-state index in [1.165, 1.54) is 5.57 Å². The first-order valence-electron chi connectivity index (χ1n) is 5.21. The maximum atomic E-state index is 8.79. The van der Waals surface area contributed by atoms with Crippen molar-refractivity contribution in [2.45, 2.75) is 19.8 Å². The minimum atomic E-state index is 0.241. The lowest BCUT2D eigenvalue weighted by Gasteiger charge is -2.00. The second-order valence-electron chi connectivity index (χ2n) is 3.33. The standard InChI is InChI=1S/C13H17NO/c1-2-4-12(5-3-10-15)11-13-6-8-14-9-7-13/h2,4,6-9,11,15H,3,5,10H2,1H3/b4-2+,12-11-. The predicted molar refractivity (Wildman–Crippen MR) is 63.3 cm³/mol. The zero-order chi connectivity index (χ0) is 10.9. The third kappa shape index (κ3) is 4.56. The number of nitrogens with zero attached hydrogens (tertiary/aromatic N) is 1. The van der Waals surface area contributed by atoms with Crippen molar-refractivity contribution in [1.29, 1.82) is 0 Å². The fourth-order valence-electron chi connectivity index (χ4n) is 1.37. The van der Waals surface area contributed by atoms with Crippen LogP contribution < -0.4 is 0 Å². The molecule has 1 N–H and O–H groups in total. The minimum absolute atomic E-state index is 0.241. The maximum absolute atomic E-state index is 8.79. The molecule has 0 aliphatic heterocycles. The molecule has 1 rings (SSSR count). The van der Waals surface area contributed by atoms with Crippen molar-refractivity contribution in [3.63, 3.8) is 0 Å². The van der Waals surface area contributed by atoms with E-state index < -0.39 is 0 Å². The summed E-state index contributed by atoms with van der Waals surface area (Å²) in [5.41, 5.74) is 2.38. The molecule has 0 bridgehead atoms. The Balaban J connectivity index is 2.74. The number of aromatic nitrogens is 1. The molecule has 0 atom stereocenters. The summed E-state index contributed by atoms with van der Waals surface area (Å²) in [7, 11) is 0. The van der Waals surface area contributed by atoms with Gasteiger partial charge in [-0.15, -0.1) is 0 Å². The predicted octanol–water partition coefficient (Wildman–Crippen LogP) is 2.81. The molecule has 0 amide bonds. The summed E-state index contributed by atoms with van der Waals surface area (Å²) in [6.07, 6.45) is 11.5. The Kier molecular flexibility index (Phi) is 5.41. The van der Waals surface area contributed by atoms with E-state index in [9.17, 15) is 0 Å². The molecule has 0 radical (unpaired) electrons. The summed E-state index contributed by atoms with van der Waals surface area (Å²) < 4.78 is 0. The lowest BCUT2D eigenvalue weighted by atomic mass is 10.1. The molecule has 1 aromatic rings. The summed E-state index contributed by atoms with van der Waals surface area (Å²) in [5, 5.41) is 8.79. The zero-order valence-corrected chi connectivity index (χ0v) is 9.06. The Morgan fingerprint density at radius 3 is 2.73 bits per heavy atom. The zero-order valence-electron chi connectivity index (χ0n) is 9.06. The highest BCUT2D eigenvalue weighted by molar-refractivity contribution is 5.55. The van der Waals surface area contributed by atoms with Gasteiger partial charge in [-0.3, -0.25) is 4.98 Å². The number of pyridine rings is 1. The van der Waals surface area contributed by atoms with E-state index in [1.54, 1.807) is 12.4 Å². The monoisotopic (exact) mass is 203 g/mol. The Hall–Kier alpha value is -1.41. The van der Waals surface area contributed by atoms with Gasteiger partial charge in [-0.1, -0.05) is 18.2 Å². The summed E-state index contributed by atoms with van der Waals surface area (Å²) in [6.45, 7) is 2.24. The molecule has 1 aromatic heterocycles. The largest absolute Gasteiger partial charge is 0.396 e. The summed E-state index contributed by atoms with van der Waals surface area (Å²) in [5.74, 6) is 0. The van der Waals surface area contributed by atoms with E-state index in [2.05, 4.69) is 17.1 Å². The van der Waals surface area contributed by atoms with E-state index in [0.29, 0.717) is 0 Å². The van der Waals surface area contributed by atoms with Gasteiger partial charge in [0.05, 0.1) is 0 Å². The van der Waals surface area contributed by atoms with Gasteiger partial charge in [-0.2, -0.15) is 0 Å². The van der Waals surface area contributed by atoms with Gasteiger partial charge in [0.1, 0.15) is 0 Å². The number of allylic oxidation sites excluding steroid dienone is 3. The van der Waals surface area contributed by atoms with Gasteiger partial charge in [0.25, 0.3) is 0 Å². The van der Waals surface area contributed by atoms with Crippen molar-refractivity contribution in [2.24, 2.45) is 0 Å². The second-order valence-corrected chi connectivity index (χ2v) is 3.33. The van der Waals surface area contributed by atoms with Gasteiger partial charge >= 0.3 is 0 Å². The molecule has 15 heavy (non-hydrogen) atoms.